The van der Waals surface area contributed by atoms with Crippen LogP contribution in [0.3, 0.4) is 0 Å². The maximum atomic E-state index is 11.9. The van der Waals surface area contributed by atoms with Gasteiger partial charge in [-0.3, -0.25) is 14.9 Å². The molecular weight excluding hydrogens is 296 g/mol. The third-order valence-corrected chi connectivity index (χ3v) is 3.29. The summed E-state index contributed by atoms with van der Waals surface area (Å²) in [5.41, 5.74) is 1.07. The van der Waals surface area contributed by atoms with E-state index in [1.807, 2.05) is 37.3 Å². The monoisotopic (exact) mass is 314 g/mol. The highest BCUT2D eigenvalue weighted by Crippen LogP contribution is 2.23. The van der Waals surface area contributed by atoms with Crippen LogP contribution in [-0.2, 0) is 11.2 Å². The molecule has 0 radical (unpaired) electrons. The molecule has 0 atom stereocenters. The van der Waals surface area contributed by atoms with Crippen molar-refractivity contribution in [3.05, 3.63) is 64.2 Å². The highest BCUT2D eigenvalue weighted by Gasteiger charge is 2.14. The van der Waals surface area contributed by atoms with Crippen LogP contribution >= 0.6 is 0 Å². The lowest BCUT2D eigenvalue weighted by atomic mass is 10.1. The Hall–Kier alpha value is -2.89. The number of para-hydroxylation sites is 1. The molecule has 2 rings (SSSR count). The molecule has 0 spiro atoms. The molecule has 0 aliphatic heterocycles. The predicted octanol–water partition coefficient (Wildman–Crippen LogP) is 3.56. The van der Waals surface area contributed by atoms with Crippen molar-refractivity contribution in [2.75, 3.05) is 11.9 Å². The average molecular weight is 314 g/mol. The van der Waals surface area contributed by atoms with Crippen LogP contribution in [0.4, 0.5) is 11.4 Å². The lowest BCUT2D eigenvalue weighted by Gasteiger charge is -2.08. The number of carbonyl (C=O) groups excluding carboxylic acids is 1. The van der Waals surface area contributed by atoms with Crippen molar-refractivity contribution in [3.63, 3.8) is 0 Å². The van der Waals surface area contributed by atoms with Gasteiger partial charge in [-0.25, -0.2) is 0 Å². The summed E-state index contributed by atoms with van der Waals surface area (Å²) >= 11 is 0. The standard InChI is InChI=1S/C17H18N2O4/c1-2-13-8-9-14(12-16(13)19(21)22)18-17(20)10-11-23-15-6-4-3-5-7-15/h3-9,12H,2,10-11H2,1H3,(H,18,20). The number of rotatable bonds is 7. The summed E-state index contributed by atoms with van der Waals surface area (Å²) in [7, 11) is 0. The normalized spacial score (nSPS) is 10.1. The highest BCUT2D eigenvalue weighted by molar-refractivity contribution is 5.91. The molecule has 0 aliphatic carbocycles. The van der Waals surface area contributed by atoms with E-state index in [1.165, 1.54) is 6.07 Å². The third-order valence-electron chi connectivity index (χ3n) is 3.29. The number of aryl methyl sites for hydroxylation is 1. The number of nitrogens with zero attached hydrogens (tertiary/aromatic N) is 1. The molecule has 23 heavy (non-hydrogen) atoms. The number of ether oxygens (including phenoxy) is 1. The van der Waals surface area contributed by atoms with Crippen LogP contribution in [0.5, 0.6) is 5.75 Å². The van der Waals surface area contributed by atoms with Crippen molar-refractivity contribution in [3.8, 4) is 5.75 Å². The first-order chi connectivity index (χ1) is 11.1. The first kappa shape index (κ1) is 16.5. The molecular formula is C17H18N2O4. The van der Waals surface area contributed by atoms with E-state index in [9.17, 15) is 14.9 Å². The Morgan fingerprint density at radius 1 is 1.22 bits per heavy atom. The summed E-state index contributed by atoms with van der Waals surface area (Å²) in [5.74, 6) is 0.447. The highest BCUT2D eigenvalue weighted by atomic mass is 16.6. The van der Waals surface area contributed by atoms with Gasteiger partial charge in [0, 0.05) is 17.3 Å². The number of amides is 1. The number of benzene rings is 2. The molecule has 2 aromatic carbocycles. The van der Waals surface area contributed by atoms with Crippen molar-refractivity contribution in [1.29, 1.82) is 0 Å². The lowest BCUT2D eigenvalue weighted by Crippen LogP contribution is -2.15. The molecule has 1 N–H and O–H groups in total. The van der Waals surface area contributed by atoms with Gasteiger partial charge in [0.2, 0.25) is 5.91 Å². The summed E-state index contributed by atoms with van der Waals surface area (Å²) in [4.78, 5) is 22.5. The van der Waals surface area contributed by atoms with Crippen LogP contribution in [0.1, 0.15) is 18.9 Å². The molecule has 0 unspecified atom stereocenters. The average Bonchev–Trinajstić information content (AvgIpc) is 2.55. The summed E-state index contributed by atoms with van der Waals surface area (Å²) in [5, 5.41) is 13.7. The van der Waals surface area contributed by atoms with E-state index in [4.69, 9.17) is 4.74 Å². The quantitative estimate of drug-likeness (QED) is 0.625. The second kappa shape index (κ2) is 7.93. The van der Waals surface area contributed by atoms with Gasteiger partial charge in [-0.2, -0.15) is 0 Å². The van der Waals surface area contributed by atoms with Gasteiger partial charge in [-0.1, -0.05) is 31.2 Å². The maximum Gasteiger partial charge on any atom is 0.274 e. The van der Waals surface area contributed by atoms with Crippen molar-refractivity contribution in [2.45, 2.75) is 19.8 Å². The summed E-state index contributed by atoms with van der Waals surface area (Å²) < 4.78 is 5.44. The summed E-state index contributed by atoms with van der Waals surface area (Å²) in [6.45, 7) is 2.09. The third kappa shape index (κ3) is 4.81. The second-order valence-electron chi connectivity index (χ2n) is 4.91. The van der Waals surface area contributed by atoms with Gasteiger partial charge in [0.15, 0.2) is 0 Å². The number of nitrogens with one attached hydrogen (secondary N) is 1. The number of hydrogen-bond acceptors (Lipinski definition) is 4. The second-order valence-corrected chi connectivity index (χ2v) is 4.91. The SMILES string of the molecule is CCc1ccc(NC(=O)CCOc2ccccc2)cc1[N+](=O)[O-]. The zero-order valence-corrected chi connectivity index (χ0v) is 12.8. The van der Waals surface area contributed by atoms with Crippen molar-refractivity contribution in [1.82, 2.24) is 0 Å². The number of nitro benzene ring substituents is 1. The van der Waals surface area contributed by atoms with E-state index in [2.05, 4.69) is 5.32 Å². The molecule has 0 saturated heterocycles. The van der Waals surface area contributed by atoms with E-state index in [0.717, 1.165) is 0 Å². The van der Waals surface area contributed by atoms with Gasteiger partial charge in [-0.15, -0.1) is 0 Å². The Kier molecular flexibility index (Phi) is 5.68. The number of carbonyl (C=O) groups is 1. The van der Waals surface area contributed by atoms with Crippen molar-refractivity contribution < 1.29 is 14.5 Å². The van der Waals surface area contributed by atoms with Crippen molar-refractivity contribution in [2.24, 2.45) is 0 Å². The predicted molar refractivity (Wildman–Crippen MR) is 87.7 cm³/mol. The topological polar surface area (TPSA) is 81.5 Å². The van der Waals surface area contributed by atoms with Gasteiger partial charge >= 0.3 is 0 Å². The minimum Gasteiger partial charge on any atom is -0.493 e. The molecule has 2 aromatic rings. The van der Waals surface area contributed by atoms with E-state index < -0.39 is 4.92 Å². The van der Waals surface area contributed by atoms with Gasteiger partial charge in [0.05, 0.1) is 18.0 Å². The molecule has 0 aliphatic rings. The Balaban J connectivity index is 1.90. The van der Waals surface area contributed by atoms with Gasteiger partial charge < -0.3 is 10.1 Å². The van der Waals surface area contributed by atoms with E-state index in [-0.39, 0.29) is 24.6 Å². The van der Waals surface area contributed by atoms with Gasteiger partial charge in [0.1, 0.15) is 5.75 Å². The van der Waals surface area contributed by atoms with E-state index in [0.29, 0.717) is 23.4 Å². The van der Waals surface area contributed by atoms with Crippen LogP contribution in [0, 0.1) is 10.1 Å². The molecule has 120 valence electrons. The molecule has 0 aromatic heterocycles. The Morgan fingerprint density at radius 2 is 1.96 bits per heavy atom. The van der Waals surface area contributed by atoms with Crippen LogP contribution < -0.4 is 10.1 Å². The molecule has 0 bridgehead atoms. The zero-order valence-electron chi connectivity index (χ0n) is 12.8. The van der Waals surface area contributed by atoms with Crippen LogP contribution in [0.15, 0.2) is 48.5 Å². The molecule has 1 amide bonds. The van der Waals surface area contributed by atoms with E-state index >= 15 is 0 Å². The molecule has 0 heterocycles. The maximum absolute atomic E-state index is 11.9. The molecule has 0 saturated carbocycles. The number of anilines is 1. The summed E-state index contributed by atoms with van der Waals surface area (Å²) in [6.07, 6.45) is 0.730. The molecule has 6 heteroatoms. The largest absolute Gasteiger partial charge is 0.493 e. The molecule has 6 nitrogen and oxygen atoms in total. The van der Waals surface area contributed by atoms with Crippen LogP contribution in [-0.4, -0.2) is 17.4 Å². The number of nitro groups is 1. The van der Waals surface area contributed by atoms with Crippen LogP contribution in [0.25, 0.3) is 0 Å². The van der Waals surface area contributed by atoms with E-state index in [1.54, 1.807) is 12.1 Å². The minimum absolute atomic E-state index is 0.0193. The smallest absolute Gasteiger partial charge is 0.274 e. The Labute approximate surface area is 134 Å². The fourth-order valence-electron chi connectivity index (χ4n) is 2.11. The zero-order chi connectivity index (χ0) is 16.7. The minimum atomic E-state index is -0.437. The first-order valence-corrected chi connectivity index (χ1v) is 7.35. The van der Waals surface area contributed by atoms with Gasteiger partial charge in [0.25, 0.3) is 5.69 Å². The molecule has 0 fully saturated rings. The van der Waals surface area contributed by atoms with Crippen LogP contribution in [0.2, 0.25) is 0 Å². The van der Waals surface area contributed by atoms with Gasteiger partial charge in [-0.05, 0) is 24.6 Å². The summed E-state index contributed by atoms with van der Waals surface area (Å²) in [6, 6.07) is 13.9. The Bertz CT molecular complexity index is 686. The lowest BCUT2D eigenvalue weighted by molar-refractivity contribution is -0.385. The first-order valence-electron chi connectivity index (χ1n) is 7.35. The van der Waals surface area contributed by atoms with Crippen molar-refractivity contribution >= 4 is 17.3 Å². The fourth-order valence-corrected chi connectivity index (χ4v) is 2.11. The Morgan fingerprint density at radius 3 is 2.61 bits per heavy atom. The fraction of sp³-hybridized carbons (Fsp3) is 0.235. The number of hydrogen-bond donors (Lipinski definition) is 1.